The summed E-state index contributed by atoms with van der Waals surface area (Å²) in [7, 11) is 0. The molecule has 0 aliphatic carbocycles. The maximum absolute atomic E-state index is 15.0. The summed E-state index contributed by atoms with van der Waals surface area (Å²) >= 11 is 6.13. The van der Waals surface area contributed by atoms with Gasteiger partial charge in [0.2, 0.25) is 5.91 Å². The molecular formula is C29H29ClF3N3O2. The minimum atomic E-state index is -2.91. The number of ether oxygens (including phenoxy) is 1. The maximum Gasteiger partial charge on any atom is 0.273 e. The first-order valence-electron chi connectivity index (χ1n) is 12.4. The molecule has 0 aliphatic heterocycles. The number of aryl methyl sites for hydroxylation is 1. The van der Waals surface area contributed by atoms with Gasteiger partial charge in [0.05, 0.1) is 17.5 Å². The minimum Gasteiger partial charge on any atom is -0.477 e. The number of hydrogen-bond donors (Lipinski definition) is 1. The summed E-state index contributed by atoms with van der Waals surface area (Å²) < 4.78 is 50.7. The molecule has 1 amide bonds. The third kappa shape index (κ3) is 5.80. The lowest BCUT2D eigenvalue weighted by Gasteiger charge is -2.27. The third-order valence-electron chi connectivity index (χ3n) is 6.33. The zero-order valence-corrected chi connectivity index (χ0v) is 22.4. The van der Waals surface area contributed by atoms with Crippen molar-refractivity contribution in [2.75, 3.05) is 5.32 Å². The van der Waals surface area contributed by atoms with Crippen LogP contribution in [0.25, 0.3) is 11.0 Å². The molecule has 0 spiro atoms. The number of carbonyl (C=O) groups is 1. The van der Waals surface area contributed by atoms with Crippen LogP contribution in [0.1, 0.15) is 51.1 Å². The fourth-order valence-corrected chi connectivity index (χ4v) is 4.49. The van der Waals surface area contributed by atoms with E-state index in [1.54, 1.807) is 32.0 Å². The molecule has 0 unspecified atom stereocenters. The van der Waals surface area contributed by atoms with Gasteiger partial charge in [-0.2, -0.15) is 0 Å². The lowest BCUT2D eigenvalue weighted by Crippen LogP contribution is -2.30. The predicted molar refractivity (Wildman–Crippen MR) is 143 cm³/mol. The smallest absolute Gasteiger partial charge is 0.273 e. The predicted octanol–water partition coefficient (Wildman–Crippen LogP) is 7.85. The average Bonchev–Trinajstić information content (AvgIpc) is 3.24. The standard InChI is InChI=1S/C29H29ClF3N3O2/c1-5-29(32,33)19-9-7-18(8-10-19)15-26(37)34-21-12-14-25(22(31)17-21)38-28(3,4)27-35-23-16-20(30)11-13-24(23)36(27)6-2/h7-14,16-17H,5-6,15H2,1-4H3,(H,34,37). The number of fused-ring (bicyclic) bond motifs is 1. The van der Waals surface area contributed by atoms with E-state index in [-0.39, 0.29) is 29.8 Å². The number of anilines is 1. The molecule has 0 radical (unpaired) electrons. The fraction of sp³-hybridized carbons (Fsp3) is 0.310. The summed E-state index contributed by atoms with van der Waals surface area (Å²) in [5.41, 5.74) is 1.37. The summed E-state index contributed by atoms with van der Waals surface area (Å²) in [6, 6.07) is 15.3. The van der Waals surface area contributed by atoms with E-state index in [0.29, 0.717) is 23.0 Å². The van der Waals surface area contributed by atoms with Crippen LogP contribution in [0.15, 0.2) is 60.7 Å². The number of nitrogens with one attached hydrogen (secondary N) is 1. The van der Waals surface area contributed by atoms with Gasteiger partial charge in [0, 0.05) is 35.3 Å². The zero-order chi connectivity index (χ0) is 27.7. The van der Waals surface area contributed by atoms with E-state index in [1.807, 2.05) is 17.6 Å². The Labute approximate surface area is 224 Å². The maximum atomic E-state index is 15.0. The number of nitrogens with zero attached hydrogens (tertiary/aromatic N) is 2. The number of hydrogen-bond acceptors (Lipinski definition) is 3. The van der Waals surface area contributed by atoms with Crippen molar-refractivity contribution in [1.82, 2.24) is 9.55 Å². The number of aromatic nitrogens is 2. The topological polar surface area (TPSA) is 56.1 Å². The first kappa shape index (κ1) is 27.5. The Morgan fingerprint density at radius 1 is 1.05 bits per heavy atom. The van der Waals surface area contributed by atoms with Crippen LogP contribution in [0.4, 0.5) is 18.9 Å². The summed E-state index contributed by atoms with van der Waals surface area (Å²) in [6.07, 6.45) is -0.342. The van der Waals surface area contributed by atoms with Crippen LogP contribution in [-0.2, 0) is 29.3 Å². The highest BCUT2D eigenvalue weighted by Gasteiger charge is 2.31. The van der Waals surface area contributed by atoms with Gasteiger partial charge in [0.1, 0.15) is 0 Å². The first-order valence-corrected chi connectivity index (χ1v) is 12.7. The molecule has 9 heteroatoms. The molecule has 200 valence electrons. The molecule has 1 heterocycles. The molecule has 4 aromatic rings. The second-order valence-corrected chi connectivity index (χ2v) is 9.99. The second kappa shape index (κ2) is 10.7. The lowest BCUT2D eigenvalue weighted by molar-refractivity contribution is -0.115. The number of benzene rings is 3. The lowest BCUT2D eigenvalue weighted by atomic mass is 10.0. The molecule has 4 rings (SSSR count). The van der Waals surface area contributed by atoms with Crippen LogP contribution in [0.3, 0.4) is 0 Å². The first-order chi connectivity index (χ1) is 17.9. The van der Waals surface area contributed by atoms with E-state index in [0.717, 1.165) is 11.0 Å². The molecule has 1 N–H and O–H groups in total. The van der Waals surface area contributed by atoms with Gasteiger partial charge >= 0.3 is 0 Å². The number of amides is 1. The molecule has 38 heavy (non-hydrogen) atoms. The van der Waals surface area contributed by atoms with Crippen LogP contribution < -0.4 is 10.1 Å². The van der Waals surface area contributed by atoms with Gasteiger partial charge < -0.3 is 14.6 Å². The van der Waals surface area contributed by atoms with Crippen molar-refractivity contribution >= 4 is 34.2 Å². The van der Waals surface area contributed by atoms with Crippen molar-refractivity contribution in [3.63, 3.8) is 0 Å². The van der Waals surface area contributed by atoms with Gasteiger partial charge in [0.15, 0.2) is 23.0 Å². The van der Waals surface area contributed by atoms with Gasteiger partial charge in [-0.1, -0.05) is 42.8 Å². The van der Waals surface area contributed by atoms with E-state index in [4.69, 9.17) is 21.3 Å². The Morgan fingerprint density at radius 3 is 2.39 bits per heavy atom. The zero-order valence-electron chi connectivity index (χ0n) is 21.6. The summed E-state index contributed by atoms with van der Waals surface area (Å²) in [6.45, 7) is 7.65. The Bertz CT molecular complexity index is 1470. The van der Waals surface area contributed by atoms with Crippen LogP contribution >= 0.6 is 11.6 Å². The van der Waals surface area contributed by atoms with Crippen molar-refractivity contribution in [2.24, 2.45) is 0 Å². The molecule has 0 saturated heterocycles. The van der Waals surface area contributed by atoms with E-state index < -0.39 is 23.2 Å². The van der Waals surface area contributed by atoms with E-state index in [9.17, 15) is 13.6 Å². The summed E-state index contributed by atoms with van der Waals surface area (Å²) in [4.78, 5) is 17.2. The van der Waals surface area contributed by atoms with E-state index in [2.05, 4.69) is 5.32 Å². The number of halogens is 4. The van der Waals surface area contributed by atoms with E-state index in [1.165, 1.54) is 43.3 Å². The molecule has 0 atom stereocenters. The number of carbonyl (C=O) groups excluding carboxylic acids is 1. The van der Waals surface area contributed by atoms with Crippen LogP contribution in [0.2, 0.25) is 5.02 Å². The van der Waals surface area contributed by atoms with Gasteiger partial charge in [-0.3, -0.25) is 4.79 Å². The van der Waals surface area contributed by atoms with Gasteiger partial charge in [0.25, 0.3) is 5.92 Å². The molecule has 1 aromatic heterocycles. The fourth-order valence-electron chi connectivity index (χ4n) is 4.33. The molecule has 5 nitrogen and oxygen atoms in total. The second-order valence-electron chi connectivity index (χ2n) is 9.55. The summed E-state index contributed by atoms with van der Waals surface area (Å²) in [5, 5.41) is 3.21. The molecule has 0 bridgehead atoms. The molecule has 0 fully saturated rings. The van der Waals surface area contributed by atoms with Gasteiger partial charge in [-0.25, -0.2) is 18.2 Å². The van der Waals surface area contributed by atoms with Crippen molar-refractivity contribution in [1.29, 1.82) is 0 Å². The van der Waals surface area contributed by atoms with Crippen molar-refractivity contribution in [2.45, 2.75) is 58.6 Å². The number of alkyl halides is 2. The van der Waals surface area contributed by atoms with Crippen LogP contribution in [-0.4, -0.2) is 15.5 Å². The van der Waals surface area contributed by atoms with Gasteiger partial charge in [-0.15, -0.1) is 0 Å². The highest BCUT2D eigenvalue weighted by molar-refractivity contribution is 6.31. The Kier molecular flexibility index (Phi) is 7.74. The number of rotatable bonds is 9. The third-order valence-corrected chi connectivity index (χ3v) is 6.57. The van der Waals surface area contributed by atoms with Crippen LogP contribution in [0, 0.1) is 5.82 Å². The average molecular weight is 544 g/mol. The van der Waals surface area contributed by atoms with Gasteiger partial charge in [-0.05, 0) is 56.7 Å². The molecule has 3 aromatic carbocycles. The SMILES string of the molecule is CCn1c(C(C)(C)Oc2ccc(NC(=O)Cc3ccc(C(F)(F)CC)cc3)cc2F)nc2cc(Cl)ccc21. The highest BCUT2D eigenvalue weighted by Crippen LogP contribution is 2.33. The quantitative estimate of drug-likeness (QED) is 0.234. The normalized spacial score (nSPS) is 12.1. The molecular weight excluding hydrogens is 515 g/mol. The summed E-state index contributed by atoms with van der Waals surface area (Å²) in [5.74, 6) is -3.33. The highest BCUT2D eigenvalue weighted by atomic mass is 35.5. The Balaban J connectivity index is 1.46. The minimum absolute atomic E-state index is 0.00758. The monoisotopic (exact) mass is 543 g/mol. The number of imidazole rings is 1. The Morgan fingerprint density at radius 2 is 1.76 bits per heavy atom. The van der Waals surface area contributed by atoms with Crippen molar-refractivity contribution in [3.8, 4) is 5.75 Å². The van der Waals surface area contributed by atoms with E-state index >= 15 is 4.39 Å². The molecule has 0 aliphatic rings. The molecule has 0 saturated carbocycles. The van der Waals surface area contributed by atoms with Crippen LogP contribution in [0.5, 0.6) is 5.75 Å². The van der Waals surface area contributed by atoms with Crippen molar-refractivity contribution in [3.05, 3.63) is 88.5 Å². The van der Waals surface area contributed by atoms with Crippen molar-refractivity contribution < 1.29 is 22.7 Å². The largest absolute Gasteiger partial charge is 0.477 e. The Hall–Kier alpha value is -3.52.